The zero-order valence-electron chi connectivity index (χ0n) is 10.1. The number of nitrogens with zero attached hydrogens (tertiary/aromatic N) is 1. The number of hydrogen-bond acceptors (Lipinski definition) is 3. The van der Waals surface area contributed by atoms with E-state index in [0.717, 1.165) is 18.7 Å². The van der Waals surface area contributed by atoms with Crippen LogP contribution in [-0.2, 0) is 11.2 Å². The Morgan fingerprint density at radius 2 is 2.44 bits per heavy atom. The molecule has 1 aliphatic carbocycles. The third-order valence-electron chi connectivity index (χ3n) is 3.72. The zero-order chi connectivity index (χ0) is 11.4. The van der Waals surface area contributed by atoms with Gasteiger partial charge in [0.05, 0.1) is 5.60 Å². The molecule has 0 aromatic carbocycles. The Morgan fingerprint density at radius 1 is 1.62 bits per heavy atom. The van der Waals surface area contributed by atoms with Gasteiger partial charge < -0.3 is 15.0 Å². The number of ether oxygens (including phenoxy) is 1. The lowest BCUT2D eigenvalue weighted by Gasteiger charge is -2.42. The molecule has 1 atom stereocenters. The highest BCUT2D eigenvalue weighted by atomic mass is 16.5. The number of aromatic amines is 1. The third-order valence-corrected chi connectivity index (χ3v) is 3.72. The van der Waals surface area contributed by atoms with Crippen LogP contribution >= 0.6 is 0 Å². The fourth-order valence-electron chi connectivity index (χ4n) is 2.43. The second-order valence-corrected chi connectivity index (χ2v) is 4.67. The average Bonchev–Trinajstić information content (AvgIpc) is 2.74. The number of methoxy groups -OCH3 is 1. The van der Waals surface area contributed by atoms with Crippen molar-refractivity contribution in [2.45, 2.75) is 43.7 Å². The Bertz CT molecular complexity index is 301. The minimum Gasteiger partial charge on any atom is -0.378 e. The van der Waals surface area contributed by atoms with Crippen molar-refractivity contribution < 1.29 is 4.74 Å². The van der Waals surface area contributed by atoms with Crippen LogP contribution in [0.5, 0.6) is 0 Å². The summed E-state index contributed by atoms with van der Waals surface area (Å²) >= 11 is 0. The molecule has 2 rings (SSSR count). The Balaban J connectivity index is 1.90. The molecule has 1 aromatic rings. The fourth-order valence-corrected chi connectivity index (χ4v) is 2.43. The van der Waals surface area contributed by atoms with Crippen LogP contribution in [0.1, 0.15) is 31.5 Å². The van der Waals surface area contributed by atoms with E-state index in [9.17, 15) is 0 Å². The molecule has 1 saturated carbocycles. The molecular weight excluding hydrogens is 202 g/mol. The molecule has 4 heteroatoms. The highest BCUT2D eigenvalue weighted by Crippen LogP contribution is 2.39. The normalized spacial score (nSPS) is 20.4. The summed E-state index contributed by atoms with van der Waals surface area (Å²) in [5, 5.41) is 3.36. The van der Waals surface area contributed by atoms with Crippen molar-refractivity contribution in [1.82, 2.24) is 15.3 Å². The van der Waals surface area contributed by atoms with Crippen LogP contribution in [0.15, 0.2) is 12.4 Å². The third kappa shape index (κ3) is 2.44. The summed E-state index contributed by atoms with van der Waals surface area (Å²) in [5.41, 5.74) is 0.125. The molecule has 2 N–H and O–H groups in total. The van der Waals surface area contributed by atoms with Gasteiger partial charge in [-0.15, -0.1) is 0 Å². The van der Waals surface area contributed by atoms with Gasteiger partial charge >= 0.3 is 0 Å². The largest absolute Gasteiger partial charge is 0.378 e. The molecule has 16 heavy (non-hydrogen) atoms. The van der Waals surface area contributed by atoms with Crippen LogP contribution in [0, 0.1) is 0 Å². The number of likely N-dealkylation sites (N-methyl/N-ethyl adjacent to an activating group) is 1. The number of H-pyrrole nitrogens is 1. The van der Waals surface area contributed by atoms with E-state index in [1.165, 1.54) is 19.3 Å². The van der Waals surface area contributed by atoms with E-state index in [4.69, 9.17) is 4.74 Å². The zero-order valence-corrected chi connectivity index (χ0v) is 10.1. The van der Waals surface area contributed by atoms with Crippen LogP contribution in [0.2, 0.25) is 0 Å². The molecule has 1 unspecified atom stereocenters. The first-order chi connectivity index (χ1) is 7.78. The molecule has 4 nitrogen and oxygen atoms in total. The maximum absolute atomic E-state index is 5.65. The second-order valence-electron chi connectivity index (χ2n) is 4.67. The van der Waals surface area contributed by atoms with Gasteiger partial charge in [0.25, 0.3) is 0 Å². The van der Waals surface area contributed by atoms with E-state index in [0.29, 0.717) is 6.04 Å². The van der Waals surface area contributed by atoms with Crippen LogP contribution in [-0.4, -0.2) is 35.8 Å². The first-order valence-corrected chi connectivity index (χ1v) is 5.99. The van der Waals surface area contributed by atoms with Crippen molar-refractivity contribution in [2.24, 2.45) is 0 Å². The van der Waals surface area contributed by atoms with Crippen LogP contribution in [0.25, 0.3) is 0 Å². The van der Waals surface area contributed by atoms with Crippen molar-refractivity contribution in [3.8, 4) is 0 Å². The van der Waals surface area contributed by atoms with Crippen molar-refractivity contribution in [3.05, 3.63) is 18.2 Å². The van der Waals surface area contributed by atoms with Gasteiger partial charge in [0, 0.05) is 32.0 Å². The van der Waals surface area contributed by atoms with Crippen molar-refractivity contribution in [3.63, 3.8) is 0 Å². The van der Waals surface area contributed by atoms with E-state index in [2.05, 4.69) is 15.3 Å². The Labute approximate surface area is 96.8 Å². The lowest BCUT2D eigenvalue weighted by molar-refractivity contribution is -0.0831. The molecule has 1 aliphatic rings. The summed E-state index contributed by atoms with van der Waals surface area (Å²) in [6, 6.07) is 0.436. The first kappa shape index (κ1) is 11.6. The monoisotopic (exact) mass is 223 g/mol. The van der Waals surface area contributed by atoms with Crippen LogP contribution < -0.4 is 5.32 Å². The summed E-state index contributed by atoms with van der Waals surface area (Å²) in [4.78, 5) is 7.42. The van der Waals surface area contributed by atoms with Crippen LogP contribution in [0.3, 0.4) is 0 Å². The van der Waals surface area contributed by atoms with Crippen molar-refractivity contribution in [2.75, 3.05) is 14.2 Å². The van der Waals surface area contributed by atoms with E-state index in [1.807, 2.05) is 20.4 Å². The van der Waals surface area contributed by atoms with Gasteiger partial charge in [0.15, 0.2) is 0 Å². The molecule has 0 radical (unpaired) electrons. The quantitative estimate of drug-likeness (QED) is 0.768. The fraction of sp³-hybridized carbons (Fsp3) is 0.750. The molecule has 0 aliphatic heterocycles. The number of rotatable bonds is 6. The standard InChI is InChI=1S/C12H21N3O/c1-13-10(8-11-14-6-7-15-11)9-12(16-2)4-3-5-12/h6-7,10,13H,3-5,8-9H2,1-2H3,(H,14,15). The molecule has 0 saturated heterocycles. The lowest BCUT2D eigenvalue weighted by Crippen LogP contribution is -2.46. The van der Waals surface area contributed by atoms with E-state index >= 15 is 0 Å². The predicted octanol–water partition coefficient (Wildman–Crippen LogP) is 1.50. The number of aromatic nitrogens is 2. The average molecular weight is 223 g/mol. The Kier molecular flexibility index (Phi) is 3.61. The highest BCUT2D eigenvalue weighted by Gasteiger charge is 2.38. The smallest absolute Gasteiger partial charge is 0.107 e. The van der Waals surface area contributed by atoms with Crippen LogP contribution in [0.4, 0.5) is 0 Å². The molecule has 90 valence electrons. The van der Waals surface area contributed by atoms with Crippen molar-refractivity contribution >= 4 is 0 Å². The van der Waals surface area contributed by atoms with Gasteiger partial charge in [-0.2, -0.15) is 0 Å². The summed E-state index contributed by atoms with van der Waals surface area (Å²) < 4.78 is 5.65. The van der Waals surface area contributed by atoms with E-state index in [1.54, 1.807) is 6.20 Å². The molecule has 1 heterocycles. The SMILES string of the molecule is CNC(Cc1ncc[nH]1)CC1(OC)CCC1. The Morgan fingerprint density at radius 3 is 2.88 bits per heavy atom. The number of nitrogens with one attached hydrogen (secondary N) is 2. The molecule has 0 bridgehead atoms. The minimum absolute atomic E-state index is 0.125. The highest BCUT2D eigenvalue weighted by molar-refractivity contribution is 4.97. The van der Waals surface area contributed by atoms with E-state index in [-0.39, 0.29) is 5.60 Å². The van der Waals surface area contributed by atoms with Gasteiger partial charge in [-0.3, -0.25) is 0 Å². The minimum atomic E-state index is 0.125. The van der Waals surface area contributed by atoms with Gasteiger partial charge in [0.1, 0.15) is 5.82 Å². The van der Waals surface area contributed by atoms with Gasteiger partial charge in [-0.1, -0.05) is 0 Å². The Hall–Kier alpha value is -0.870. The summed E-state index contributed by atoms with van der Waals surface area (Å²) in [6.07, 6.45) is 9.37. The summed E-state index contributed by atoms with van der Waals surface area (Å²) in [5.74, 6) is 1.05. The molecule has 1 fully saturated rings. The summed E-state index contributed by atoms with van der Waals surface area (Å²) in [6.45, 7) is 0. The predicted molar refractivity (Wildman–Crippen MR) is 63.3 cm³/mol. The first-order valence-electron chi connectivity index (χ1n) is 5.99. The molecule has 0 spiro atoms. The van der Waals surface area contributed by atoms with Gasteiger partial charge in [-0.05, 0) is 32.7 Å². The van der Waals surface area contributed by atoms with E-state index < -0.39 is 0 Å². The lowest BCUT2D eigenvalue weighted by atomic mass is 9.75. The van der Waals surface area contributed by atoms with Gasteiger partial charge in [0.2, 0.25) is 0 Å². The number of hydrogen-bond donors (Lipinski definition) is 2. The second kappa shape index (κ2) is 4.97. The molecule has 0 amide bonds. The maximum atomic E-state index is 5.65. The maximum Gasteiger partial charge on any atom is 0.107 e. The topological polar surface area (TPSA) is 49.9 Å². The molecular formula is C12H21N3O. The summed E-state index contributed by atoms with van der Waals surface area (Å²) in [7, 11) is 3.84. The van der Waals surface area contributed by atoms with Crippen molar-refractivity contribution in [1.29, 1.82) is 0 Å². The molecule has 1 aromatic heterocycles. The van der Waals surface area contributed by atoms with Gasteiger partial charge in [-0.25, -0.2) is 4.98 Å². The number of imidazole rings is 1.